The molecule has 0 atom stereocenters. The summed E-state index contributed by atoms with van der Waals surface area (Å²) in [6.07, 6.45) is 0.298. The number of nitrogens with one attached hydrogen (secondary N) is 1. The van der Waals surface area contributed by atoms with E-state index in [1.807, 2.05) is 30.7 Å². The van der Waals surface area contributed by atoms with Gasteiger partial charge in [0.25, 0.3) is 0 Å². The van der Waals surface area contributed by atoms with Crippen LogP contribution in [-0.4, -0.2) is 19.1 Å². The summed E-state index contributed by atoms with van der Waals surface area (Å²) >= 11 is 0. The van der Waals surface area contributed by atoms with Crippen LogP contribution in [0.15, 0.2) is 24.3 Å². The molecule has 0 aromatic heterocycles. The number of hydrogen-bond acceptors (Lipinski definition) is 5. The highest BCUT2D eigenvalue weighted by Gasteiger charge is 2.08. The van der Waals surface area contributed by atoms with E-state index in [9.17, 15) is 4.79 Å². The second kappa shape index (κ2) is 6.88. The molecule has 0 fully saturated rings. The Kier molecular flexibility index (Phi) is 5.45. The van der Waals surface area contributed by atoms with Crippen molar-refractivity contribution in [3.05, 3.63) is 29.8 Å². The van der Waals surface area contributed by atoms with Gasteiger partial charge in [-0.25, -0.2) is 5.84 Å². The van der Waals surface area contributed by atoms with E-state index in [0.717, 1.165) is 12.2 Å². The molecule has 0 saturated heterocycles. The lowest BCUT2D eigenvalue weighted by Crippen LogP contribution is -2.30. The highest BCUT2D eigenvalue weighted by Crippen LogP contribution is 2.15. The Bertz CT molecular complexity index is 369. The number of rotatable bonds is 6. The summed E-state index contributed by atoms with van der Waals surface area (Å²) in [5.41, 5.74) is 4.20. The van der Waals surface area contributed by atoms with Crippen LogP contribution in [0, 0.1) is 6.92 Å². The summed E-state index contributed by atoms with van der Waals surface area (Å²) in [7, 11) is 0. The van der Waals surface area contributed by atoms with Crippen LogP contribution in [0.25, 0.3) is 0 Å². The molecule has 0 amide bonds. The molecule has 5 nitrogen and oxygen atoms in total. The molecule has 1 rings (SSSR count). The highest BCUT2D eigenvalue weighted by molar-refractivity contribution is 5.69. The molecule has 0 aliphatic rings. The number of benzene rings is 1. The first-order valence-electron chi connectivity index (χ1n) is 5.64. The van der Waals surface area contributed by atoms with E-state index in [1.165, 1.54) is 5.56 Å². The van der Waals surface area contributed by atoms with E-state index in [0.29, 0.717) is 13.0 Å². The van der Waals surface area contributed by atoms with Gasteiger partial charge in [0, 0.05) is 18.8 Å². The molecule has 1 aromatic rings. The lowest BCUT2D eigenvalue weighted by atomic mass is 10.2. The SMILES string of the molecule is CCN(CCC(=O)ONN)c1cccc(C)c1. The molecule has 0 aliphatic carbocycles. The fourth-order valence-electron chi connectivity index (χ4n) is 1.64. The molecular formula is C12H19N3O2. The zero-order valence-electron chi connectivity index (χ0n) is 10.3. The minimum absolute atomic E-state index is 0.298. The smallest absolute Gasteiger partial charge is 0.328 e. The number of hydrogen-bond donors (Lipinski definition) is 2. The van der Waals surface area contributed by atoms with Crippen molar-refractivity contribution in [2.24, 2.45) is 5.84 Å². The Morgan fingerprint density at radius 2 is 2.29 bits per heavy atom. The second-order valence-corrected chi connectivity index (χ2v) is 3.76. The minimum atomic E-state index is -0.362. The van der Waals surface area contributed by atoms with E-state index >= 15 is 0 Å². The third-order valence-electron chi connectivity index (χ3n) is 2.51. The summed E-state index contributed by atoms with van der Waals surface area (Å²) < 4.78 is 0. The maximum Gasteiger partial charge on any atom is 0.328 e. The van der Waals surface area contributed by atoms with Gasteiger partial charge in [0.15, 0.2) is 0 Å². The Labute approximate surface area is 101 Å². The van der Waals surface area contributed by atoms with Crippen molar-refractivity contribution in [2.45, 2.75) is 20.3 Å². The summed E-state index contributed by atoms with van der Waals surface area (Å²) in [4.78, 5) is 17.7. The molecule has 1 aromatic carbocycles. The predicted octanol–water partition coefficient (Wildman–Crippen LogP) is 1.13. The molecule has 0 unspecified atom stereocenters. The number of carbonyl (C=O) groups excluding carboxylic acids is 1. The first kappa shape index (κ1) is 13.5. The van der Waals surface area contributed by atoms with Crippen LogP contribution in [0.3, 0.4) is 0 Å². The van der Waals surface area contributed by atoms with Gasteiger partial charge in [-0.1, -0.05) is 17.7 Å². The first-order chi connectivity index (χ1) is 8.17. The average molecular weight is 237 g/mol. The number of anilines is 1. The lowest BCUT2D eigenvalue weighted by Gasteiger charge is -2.22. The maximum atomic E-state index is 11.2. The number of aryl methyl sites for hydroxylation is 1. The molecule has 5 heteroatoms. The minimum Gasteiger partial charge on any atom is -0.371 e. The summed E-state index contributed by atoms with van der Waals surface area (Å²) in [6.45, 7) is 5.55. The molecule has 0 aliphatic heterocycles. The van der Waals surface area contributed by atoms with Gasteiger partial charge >= 0.3 is 5.97 Å². The second-order valence-electron chi connectivity index (χ2n) is 3.76. The molecule has 0 heterocycles. The number of carbonyl (C=O) groups is 1. The summed E-state index contributed by atoms with van der Waals surface area (Å²) in [5, 5.41) is 0. The summed E-state index contributed by atoms with van der Waals surface area (Å²) in [5.74, 6) is 4.53. The van der Waals surface area contributed by atoms with Crippen molar-refractivity contribution in [3.8, 4) is 0 Å². The van der Waals surface area contributed by atoms with E-state index in [1.54, 1.807) is 0 Å². The molecule has 94 valence electrons. The fraction of sp³-hybridized carbons (Fsp3) is 0.417. The Hall–Kier alpha value is -1.59. The van der Waals surface area contributed by atoms with Gasteiger partial charge in [0.2, 0.25) is 0 Å². The van der Waals surface area contributed by atoms with Crippen molar-refractivity contribution in [3.63, 3.8) is 0 Å². The molecule has 0 spiro atoms. The Morgan fingerprint density at radius 3 is 2.88 bits per heavy atom. The fourth-order valence-corrected chi connectivity index (χ4v) is 1.64. The quantitative estimate of drug-likeness (QED) is 0.573. The topological polar surface area (TPSA) is 67.6 Å². The largest absolute Gasteiger partial charge is 0.371 e. The number of nitrogens with zero attached hydrogens (tertiary/aromatic N) is 1. The van der Waals surface area contributed by atoms with Gasteiger partial charge in [-0.2, -0.15) is 0 Å². The van der Waals surface area contributed by atoms with Crippen LogP contribution in [0.4, 0.5) is 5.69 Å². The van der Waals surface area contributed by atoms with Gasteiger partial charge in [0.1, 0.15) is 0 Å². The molecular weight excluding hydrogens is 218 g/mol. The molecule has 3 N–H and O–H groups in total. The van der Waals surface area contributed by atoms with Gasteiger partial charge in [-0.15, -0.1) is 0 Å². The average Bonchev–Trinajstić information content (AvgIpc) is 2.30. The van der Waals surface area contributed by atoms with Crippen LogP contribution in [0.5, 0.6) is 0 Å². The third kappa shape index (κ3) is 4.42. The number of nitrogens with two attached hydrogens (primary N) is 1. The van der Waals surface area contributed by atoms with Crippen LogP contribution < -0.4 is 16.3 Å². The Balaban J connectivity index is 2.57. The van der Waals surface area contributed by atoms with E-state index in [-0.39, 0.29) is 5.97 Å². The standard InChI is InChI=1S/C12H19N3O2/c1-3-15(8-7-12(16)17-14-13)11-6-4-5-10(2)9-11/h4-6,9,14H,3,7-8,13H2,1-2H3. The van der Waals surface area contributed by atoms with E-state index in [2.05, 4.69) is 22.7 Å². The van der Waals surface area contributed by atoms with Crippen LogP contribution in [-0.2, 0) is 9.63 Å². The normalized spacial score (nSPS) is 10.1. The zero-order valence-corrected chi connectivity index (χ0v) is 10.3. The van der Waals surface area contributed by atoms with Gasteiger partial charge < -0.3 is 9.74 Å². The van der Waals surface area contributed by atoms with E-state index in [4.69, 9.17) is 5.84 Å². The van der Waals surface area contributed by atoms with Crippen molar-refractivity contribution < 1.29 is 9.63 Å². The van der Waals surface area contributed by atoms with Crippen molar-refractivity contribution in [2.75, 3.05) is 18.0 Å². The van der Waals surface area contributed by atoms with Crippen molar-refractivity contribution >= 4 is 11.7 Å². The highest BCUT2D eigenvalue weighted by atomic mass is 16.7. The van der Waals surface area contributed by atoms with Gasteiger partial charge in [0.05, 0.1) is 6.42 Å². The lowest BCUT2D eigenvalue weighted by molar-refractivity contribution is -0.150. The van der Waals surface area contributed by atoms with Gasteiger partial charge in [-0.05, 0) is 31.5 Å². The van der Waals surface area contributed by atoms with Crippen molar-refractivity contribution in [1.82, 2.24) is 5.59 Å². The van der Waals surface area contributed by atoms with Crippen LogP contribution in [0.2, 0.25) is 0 Å². The third-order valence-corrected chi connectivity index (χ3v) is 2.51. The predicted molar refractivity (Wildman–Crippen MR) is 67.1 cm³/mol. The molecule has 0 radical (unpaired) electrons. The zero-order chi connectivity index (χ0) is 12.7. The van der Waals surface area contributed by atoms with Crippen LogP contribution >= 0.6 is 0 Å². The first-order valence-corrected chi connectivity index (χ1v) is 5.64. The monoisotopic (exact) mass is 237 g/mol. The van der Waals surface area contributed by atoms with E-state index < -0.39 is 0 Å². The number of hydrazine groups is 1. The molecule has 0 bridgehead atoms. The van der Waals surface area contributed by atoms with Crippen molar-refractivity contribution in [1.29, 1.82) is 0 Å². The van der Waals surface area contributed by atoms with Crippen LogP contribution in [0.1, 0.15) is 18.9 Å². The maximum absolute atomic E-state index is 11.2. The van der Waals surface area contributed by atoms with Gasteiger partial charge in [-0.3, -0.25) is 4.79 Å². The molecule has 17 heavy (non-hydrogen) atoms. The summed E-state index contributed by atoms with van der Waals surface area (Å²) in [6, 6.07) is 8.18. The molecule has 0 saturated carbocycles. The Morgan fingerprint density at radius 1 is 1.53 bits per heavy atom.